The highest BCUT2D eigenvalue weighted by Gasteiger charge is 2.13. The maximum absolute atomic E-state index is 5.32. The number of aromatic nitrogens is 1. The fourth-order valence-corrected chi connectivity index (χ4v) is 6.12. The zero-order valence-corrected chi connectivity index (χ0v) is 26.7. The van der Waals surface area contributed by atoms with Crippen LogP contribution in [0.3, 0.4) is 0 Å². The van der Waals surface area contributed by atoms with Crippen molar-refractivity contribution in [2.24, 2.45) is 9.98 Å². The normalized spacial score (nSPS) is 12.5. The molecule has 0 unspecified atom stereocenters. The molecule has 7 aromatic rings. The molecule has 0 amide bonds. The van der Waals surface area contributed by atoms with Gasteiger partial charge in [-0.2, -0.15) is 0 Å². The van der Waals surface area contributed by atoms with E-state index in [0.717, 1.165) is 39.6 Å². The molecule has 0 aliphatic carbocycles. The number of pyridine rings is 1. The fourth-order valence-electron chi connectivity index (χ4n) is 6.12. The van der Waals surface area contributed by atoms with Crippen molar-refractivity contribution in [3.63, 3.8) is 0 Å². The van der Waals surface area contributed by atoms with Crippen LogP contribution in [-0.4, -0.2) is 23.1 Å². The molecule has 7 rings (SSSR count). The van der Waals surface area contributed by atoms with E-state index in [0.29, 0.717) is 12.4 Å². The third-order valence-corrected chi connectivity index (χ3v) is 8.43. The van der Waals surface area contributed by atoms with Crippen molar-refractivity contribution in [2.75, 3.05) is 6.54 Å². The summed E-state index contributed by atoms with van der Waals surface area (Å²) in [5.41, 5.74) is 6.31. The van der Waals surface area contributed by atoms with Crippen molar-refractivity contribution >= 4 is 49.9 Å². The van der Waals surface area contributed by atoms with Crippen LogP contribution >= 0.6 is 0 Å². The molecule has 1 aromatic heterocycles. The van der Waals surface area contributed by atoms with E-state index >= 15 is 0 Å². The summed E-state index contributed by atoms with van der Waals surface area (Å²) in [5, 5.41) is 7.15. The lowest BCUT2D eigenvalue weighted by molar-refractivity contribution is 1.23. The van der Waals surface area contributed by atoms with Gasteiger partial charge in [0.1, 0.15) is 0 Å². The van der Waals surface area contributed by atoms with Gasteiger partial charge in [0.15, 0.2) is 5.84 Å². The minimum absolute atomic E-state index is 0.463. The molecule has 0 bridgehead atoms. The lowest BCUT2D eigenvalue weighted by atomic mass is 9.96. The Kier molecular flexibility index (Phi) is 9.20. The van der Waals surface area contributed by atoms with Crippen LogP contribution in [0.15, 0.2) is 187 Å². The predicted octanol–water partition coefficient (Wildman–Crippen LogP) is 11.3. The van der Waals surface area contributed by atoms with Gasteiger partial charge in [-0.15, -0.1) is 6.58 Å². The molecule has 0 atom stereocenters. The SMILES string of the molecule is C=CC\N=C(/N=C(\C=C\C/C=C/c1cccnc1)c1ccc(-c2cccc3ccccc23)cc1)c1cc2ccccc2c2ccccc12. The molecule has 1 heterocycles. The molecule has 0 aliphatic rings. The Morgan fingerprint density at radius 3 is 2.19 bits per heavy atom. The molecule has 0 N–H and O–H groups in total. The van der Waals surface area contributed by atoms with Gasteiger partial charge in [0.05, 0.1) is 12.3 Å². The molecular weight excluding hydrogens is 583 g/mol. The molecule has 0 saturated carbocycles. The maximum atomic E-state index is 5.32. The number of hydrogen-bond acceptors (Lipinski definition) is 2. The number of amidine groups is 1. The topological polar surface area (TPSA) is 37.6 Å². The first-order valence-corrected chi connectivity index (χ1v) is 16.2. The van der Waals surface area contributed by atoms with E-state index in [4.69, 9.17) is 9.98 Å². The van der Waals surface area contributed by atoms with Crippen LogP contribution in [0.5, 0.6) is 0 Å². The first-order valence-electron chi connectivity index (χ1n) is 16.2. The summed E-state index contributed by atoms with van der Waals surface area (Å²) in [6.07, 6.45) is 14.7. The number of aliphatic imine (C=N–C) groups is 2. The van der Waals surface area contributed by atoms with Crippen molar-refractivity contribution < 1.29 is 0 Å². The second-order valence-corrected chi connectivity index (χ2v) is 11.6. The van der Waals surface area contributed by atoms with Crippen LogP contribution in [0.4, 0.5) is 0 Å². The van der Waals surface area contributed by atoms with Gasteiger partial charge in [-0.05, 0) is 73.6 Å². The van der Waals surface area contributed by atoms with Crippen molar-refractivity contribution in [2.45, 2.75) is 6.42 Å². The monoisotopic (exact) mass is 617 g/mol. The lowest BCUT2D eigenvalue weighted by Gasteiger charge is -2.12. The summed E-state index contributed by atoms with van der Waals surface area (Å²) in [5.74, 6) is 0.681. The second-order valence-electron chi connectivity index (χ2n) is 11.6. The van der Waals surface area contributed by atoms with Crippen molar-refractivity contribution in [3.05, 3.63) is 193 Å². The average Bonchev–Trinajstić information content (AvgIpc) is 3.15. The number of rotatable bonds is 9. The second kappa shape index (κ2) is 14.5. The van der Waals surface area contributed by atoms with Gasteiger partial charge in [-0.1, -0.05) is 146 Å². The van der Waals surface area contributed by atoms with Crippen LogP contribution in [0, 0.1) is 0 Å². The largest absolute Gasteiger partial charge is 0.264 e. The quantitative estimate of drug-likeness (QED) is 0.0687. The van der Waals surface area contributed by atoms with Crippen LogP contribution in [-0.2, 0) is 0 Å². The maximum Gasteiger partial charge on any atom is 0.156 e. The Morgan fingerprint density at radius 1 is 0.667 bits per heavy atom. The molecule has 0 aliphatic heterocycles. The van der Waals surface area contributed by atoms with Gasteiger partial charge < -0.3 is 0 Å². The van der Waals surface area contributed by atoms with E-state index in [9.17, 15) is 0 Å². The summed E-state index contributed by atoms with van der Waals surface area (Å²) in [6, 6.07) is 46.9. The van der Waals surface area contributed by atoms with Gasteiger partial charge in [0.2, 0.25) is 0 Å². The molecule has 48 heavy (non-hydrogen) atoms. The molecular formula is C45H35N3. The van der Waals surface area contributed by atoms with Crippen LogP contribution in [0.1, 0.15) is 23.1 Å². The lowest BCUT2D eigenvalue weighted by Crippen LogP contribution is -2.07. The highest BCUT2D eigenvalue weighted by Crippen LogP contribution is 2.31. The molecule has 0 saturated heterocycles. The smallest absolute Gasteiger partial charge is 0.156 e. The van der Waals surface area contributed by atoms with Gasteiger partial charge in [-0.25, -0.2) is 4.99 Å². The minimum atomic E-state index is 0.463. The summed E-state index contributed by atoms with van der Waals surface area (Å²) in [4.78, 5) is 14.5. The van der Waals surface area contributed by atoms with Crippen LogP contribution in [0.2, 0.25) is 0 Å². The van der Waals surface area contributed by atoms with E-state index < -0.39 is 0 Å². The standard InChI is InChI=1S/C45H35N3/c1-2-29-47-45(43-31-37-17-7-9-20-40(37)41-21-10-11-22-42(41)43)48-44(24-5-3-4-14-33-15-13-30-46-32-33)36-27-25-35(26-28-36)39-23-12-18-34-16-6-8-19-38(34)39/h2,4-28,30-32H,1,3,29H2/b14-4+,24-5+,47-45-,48-44+. The third-order valence-electron chi connectivity index (χ3n) is 8.43. The van der Waals surface area contributed by atoms with Gasteiger partial charge in [0, 0.05) is 23.5 Å². The predicted molar refractivity (Wildman–Crippen MR) is 206 cm³/mol. The summed E-state index contributed by atoms with van der Waals surface area (Å²) in [6.45, 7) is 4.41. The summed E-state index contributed by atoms with van der Waals surface area (Å²) >= 11 is 0. The first kappa shape index (κ1) is 30.5. The summed E-state index contributed by atoms with van der Waals surface area (Å²) in [7, 11) is 0. The van der Waals surface area contributed by atoms with Crippen LogP contribution < -0.4 is 0 Å². The molecule has 3 nitrogen and oxygen atoms in total. The minimum Gasteiger partial charge on any atom is -0.264 e. The fraction of sp³-hybridized carbons (Fsp3) is 0.0444. The first-order chi connectivity index (χ1) is 23.8. The van der Waals surface area contributed by atoms with Crippen molar-refractivity contribution in [1.29, 1.82) is 0 Å². The zero-order chi connectivity index (χ0) is 32.5. The Balaban J connectivity index is 1.32. The Labute approximate surface area is 281 Å². The molecule has 3 heteroatoms. The molecule has 0 radical (unpaired) electrons. The van der Waals surface area contributed by atoms with E-state index in [1.54, 1.807) is 6.20 Å². The molecule has 6 aromatic carbocycles. The van der Waals surface area contributed by atoms with E-state index in [2.05, 4.69) is 157 Å². The number of nitrogens with zero attached hydrogens (tertiary/aromatic N) is 3. The summed E-state index contributed by atoms with van der Waals surface area (Å²) < 4.78 is 0. The van der Waals surface area contributed by atoms with E-state index in [1.165, 1.54) is 32.7 Å². The molecule has 230 valence electrons. The number of fused-ring (bicyclic) bond motifs is 4. The van der Waals surface area contributed by atoms with Crippen molar-refractivity contribution in [1.82, 2.24) is 4.98 Å². The Morgan fingerprint density at radius 2 is 1.40 bits per heavy atom. The highest BCUT2D eigenvalue weighted by atomic mass is 14.9. The van der Waals surface area contributed by atoms with Crippen molar-refractivity contribution in [3.8, 4) is 11.1 Å². The zero-order valence-electron chi connectivity index (χ0n) is 26.7. The third kappa shape index (κ3) is 6.67. The average molecular weight is 618 g/mol. The van der Waals surface area contributed by atoms with Gasteiger partial charge >= 0.3 is 0 Å². The number of hydrogen-bond donors (Lipinski definition) is 0. The van der Waals surface area contributed by atoms with E-state index in [-0.39, 0.29) is 0 Å². The number of benzene rings is 6. The van der Waals surface area contributed by atoms with Gasteiger partial charge in [0.25, 0.3) is 0 Å². The Bertz CT molecular complexity index is 2340. The Hall–Kier alpha value is -6.19. The molecule has 0 spiro atoms. The highest BCUT2D eigenvalue weighted by molar-refractivity contribution is 6.23. The molecule has 0 fully saturated rings. The van der Waals surface area contributed by atoms with Crippen LogP contribution in [0.25, 0.3) is 49.5 Å². The van der Waals surface area contributed by atoms with Gasteiger partial charge in [-0.3, -0.25) is 9.98 Å². The van der Waals surface area contributed by atoms with E-state index in [1.807, 2.05) is 24.4 Å². The number of allylic oxidation sites excluding steroid dienone is 3.